The average molecular weight is 351 g/mol. The summed E-state index contributed by atoms with van der Waals surface area (Å²) in [5.41, 5.74) is 0.914. The fourth-order valence-electron chi connectivity index (χ4n) is 1.60. The minimum atomic E-state index is 0.120. The number of rotatable bonds is 5. The molecule has 4 heteroatoms. The van der Waals surface area contributed by atoms with Gasteiger partial charge >= 0.3 is 0 Å². The zero-order valence-electron chi connectivity index (χ0n) is 9.67. The Balaban J connectivity index is 2.70. The number of alkyl halides is 1. The molecule has 0 aliphatic carbocycles. The van der Waals surface area contributed by atoms with E-state index in [2.05, 4.69) is 38.8 Å². The van der Waals surface area contributed by atoms with Crippen LogP contribution in [-0.2, 0) is 6.54 Å². The zero-order valence-corrected chi connectivity index (χ0v) is 12.8. The number of nitrogens with zero attached hydrogens (tertiary/aromatic N) is 1. The van der Waals surface area contributed by atoms with Crippen LogP contribution in [0.15, 0.2) is 21.5 Å². The number of halogens is 2. The maximum Gasteiger partial charge on any atom is 0.253 e. The molecule has 1 aromatic heterocycles. The van der Waals surface area contributed by atoms with Gasteiger partial charge in [0, 0.05) is 28.1 Å². The third kappa shape index (κ3) is 4.06. The molecular formula is C12H17Br2NO. The SMILES string of the molecule is Cc1cc(Br)cn(CCC(C)CCBr)c1=O. The van der Waals surface area contributed by atoms with Crippen LogP contribution < -0.4 is 5.56 Å². The van der Waals surface area contributed by atoms with Crippen molar-refractivity contribution < 1.29 is 0 Å². The first kappa shape index (κ1) is 14.0. The average Bonchev–Trinajstić information content (AvgIpc) is 2.21. The zero-order chi connectivity index (χ0) is 12.1. The molecule has 0 bridgehead atoms. The molecule has 1 unspecified atom stereocenters. The Bertz CT molecular complexity index is 400. The van der Waals surface area contributed by atoms with Crippen LogP contribution in [0.3, 0.4) is 0 Å². The molecule has 0 radical (unpaired) electrons. The minimum Gasteiger partial charge on any atom is -0.314 e. The lowest BCUT2D eigenvalue weighted by Crippen LogP contribution is -2.22. The monoisotopic (exact) mass is 349 g/mol. The molecule has 1 rings (SSSR count). The molecule has 16 heavy (non-hydrogen) atoms. The molecule has 0 aliphatic rings. The molecule has 2 nitrogen and oxygen atoms in total. The van der Waals surface area contributed by atoms with Crippen molar-refractivity contribution >= 4 is 31.9 Å². The van der Waals surface area contributed by atoms with Crippen molar-refractivity contribution in [2.75, 3.05) is 5.33 Å². The second kappa shape index (κ2) is 6.60. The molecule has 1 aromatic rings. The summed E-state index contributed by atoms with van der Waals surface area (Å²) in [6.07, 6.45) is 4.07. The summed E-state index contributed by atoms with van der Waals surface area (Å²) >= 11 is 6.86. The van der Waals surface area contributed by atoms with Gasteiger partial charge in [0.05, 0.1) is 0 Å². The Morgan fingerprint density at radius 1 is 1.44 bits per heavy atom. The fourth-order valence-corrected chi connectivity index (χ4v) is 2.97. The van der Waals surface area contributed by atoms with Gasteiger partial charge < -0.3 is 4.57 Å². The van der Waals surface area contributed by atoms with E-state index >= 15 is 0 Å². The van der Waals surface area contributed by atoms with Gasteiger partial charge in [-0.05, 0) is 47.7 Å². The van der Waals surface area contributed by atoms with Gasteiger partial charge in [0.25, 0.3) is 5.56 Å². The number of pyridine rings is 1. The highest BCUT2D eigenvalue weighted by atomic mass is 79.9. The van der Waals surface area contributed by atoms with Crippen molar-refractivity contribution in [3.63, 3.8) is 0 Å². The summed E-state index contributed by atoms with van der Waals surface area (Å²) in [6, 6.07) is 1.86. The van der Waals surface area contributed by atoms with Crippen molar-refractivity contribution in [1.82, 2.24) is 4.57 Å². The second-order valence-corrected chi connectivity index (χ2v) is 5.92. The van der Waals surface area contributed by atoms with E-state index in [9.17, 15) is 4.79 Å². The molecule has 0 N–H and O–H groups in total. The Morgan fingerprint density at radius 2 is 2.12 bits per heavy atom. The molecule has 90 valence electrons. The van der Waals surface area contributed by atoms with Gasteiger partial charge in [-0.1, -0.05) is 22.9 Å². The lowest BCUT2D eigenvalue weighted by molar-refractivity contribution is 0.465. The first-order valence-corrected chi connectivity index (χ1v) is 7.38. The van der Waals surface area contributed by atoms with Crippen molar-refractivity contribution in [2.45, 2.75) is 33.2 Å². The summed E-state index contributed by atoms with van der Waals surface area (Å²) < 4.78 is 2.77. The number of hydrogen-bond acceptors (Lipinski definition) is 1. The van der Waals surface area contributed by atoms with E-state index in [0.29, 0.717) is 5.92 Å². The quantitative estimate of drug-likeness (QED) is 0.741. The molecule has 1 heterocycles. The van der Waals surface area contributed by atoms with Crippen LogP contribution in [0.25, 0.3) is 0 Å². The molecule has 0 saturated heterocycles. The molecule has 0 amide bonds. The molecular weight excluding hydrogens is 334 g/mol. The summed E-state index contributed by atoms with van der Waals surface area (Å²) in [7, 11) is 0. The Labute approximate surface area is 113 Å². The molecule has 0 spiro atoms. The van der Waals surface area contributed by atoms with Crippen molar-refractivity contribution in [3.8, 4) is 0 Å². The van der Waals surface area contributed by atoms with Crippen LogP contribution in [0.2, 0.25) is 0 Å². The fraction of sp³-hybridized carbons (Fsp3) is 0.583. The number of hydrogen-bond donors (Lipinski definition) is 0. The van der Waals surface area contributed by atoms with Gasteiger partial charge in [-0.2, -0.15) is 0 Å². The van der Waals surface area contributed by atoms with Crippen LogP contribution in [0.1, 0.15) is 25.3 Å². The smallest absolute Gasteiger partial charge is 0.253 e. The lowest BCUT2D eigenvalue weighted by Gasteiger charge is -2.12. The predicted octanol–water partition coefficient (Wildman–Crippen LogP) is 3.73. The van der Waals surface area contributed by atoms with Crippen LogP contribution in [0.4, 0.5) is 0 Å². The van der Waals surface area contributed by atoms with E-state index in [0.717, 1.165) is 34.8 Å². The second-order valence-electron chi connectivity index (χ2n) is 4.21. The van der Waals surface area contributed by atoms with Gasteiger partial charge in [-0.3, -0.25) is 4.79 Å². The van der Waals surface area contributed by atoms with E-state index in [1.807, 2.05) is 19.2 Å². The van der Waals surface area contributed by atoms with Crippen LogP contribution in [-0.4, -0.2) is 9.90 Å². The van der Waals surface area contributed by atoms with Crippen LogP contribution >= 0.6 is 31.9 Å². The maximum absolute atomic E-state index is 11.8. The minimum absolute atomic E-state index is 0.120. The first-order valence-electron chi connectivity index (χ1n) is 5.47. The summed E-state index contributed by atoms with van der Waals surface area (Å²) in [5.74, 6) is 0.644. The summed E-state index contributed by atoms with van der Waals surface area (Å²) in [4.78, 5) is 11.8. The first-order chi connectivity index (χ1) is 7.54. The largest absolute Gasteiger partial charge is 0.314 e. The van der Waals surface area contributed by atoms with Crippen LogP contribution in [0.5, 0.6) is 0 Å². The molecule has 0 aliphatic heterocycles. The standard InChI is InChI=1S/C12H17Br2NO/c1-9(3-5-13)4-6-15-8-11(14)7-10(2)12(15)16/h7-9H,3-6H2,1-2H3. The van der Waals surface area contributed by atoms with Crippen molar-refractivity contribution in [2.24, 2.45) is 5.92 Å². The Morgan fingerprint density at radius 3 is 2.75 bits per heavy atom. The van der Waals surface area contributed by atoms with Gasteiger partial charge in [0.1, 0.15) is 0 Å². The molecule has 0 fully saturated rings. The van der Waals surface area contributed by atoms with Gasteiger partial charge in [-0.25, -0.2) is 0 Å². The molecule has 0 aromatic carbocycles. The Hall–Kier alpha value is -0.0900. The highest BCUT2D eigenvalue weighted by Gasteiger charge is 2.05. The third-order valence-electron chi connectivity index (χ3n) is 2.70. The van der Waals surface area contributed by atoms with E-state index < -0.39 is 0 Å². The van der Waals surface area contributed by atoms with Crippen LogP contribution in [0, 0.1) is 12.8 Å². The lowest BCUT2D eigenvalue weighted by atomic mass is 10.1. The Kier molecular flexibility index (Phi) is 5.76. The van der Waals surface area contributed by atoms with E-state index in [1.165, 1.54) is 0 Å². The highest BCUT2D eigenvalue weighted by molar-refractivity contribution is 9.10. The maximum atomic E-state index is 11.8. The number of aryl methyl sites for hydroxylation is 2. The van der Waals surface area contributed by atoms with Crippen molar-refractivity contribution in [3.05, 3.63) is 32.7 Å². The molecule has 0 saturated carbocycles. The topological polar surface area (TPSA) is 22.0 Å². The normalized spacial score (nSPS) is 12.8. The predicted molar refractivity (Wildman–Crippen MR) is 75.3 cm³/mol. The van der Waals surface area contributed by atoms with E-state index in [4.69, 9.17) is 0 Å². The summed E-state index contributed by atoms with van der Waals surface area (Å²) in [5, 5.41) is 1.03. The number of aromatic nitrogens is 1. The summed E-state index contributed by atoms with van der Waals surface area (Å²) in [6.45, 7) is 4.87. The van der Waals surface area contributed by atoms with E-state index in [1.54, 1.807) is 4.57 Å². The third-order valence-corrected chi connectivity index (χ3v) is 3.59. The van der Waals surface area contributed by atoms with Gasteiger partial charge in [0.2, 0.25) is 0 Å². The van der Waals surface area contributed by atoms with Crippen molar-refractivity contribution in [1.29, 1.82) is 0 Å². The highest BCUT2D eigenvalue weighted by Crippen LogP contribution is 2.12. The van der Waals surface area contributed by atoms with E-state index in [-0.39, 0.29) is 5.56 Å². The van der Waals surface area contributed by atoms with Gasteiger partial charge in [-0.15, -0.1) is 0 Å². The van der Waals surface area contributed by atoms with Gasteiger partial charge in [0.15, 0.2) is 0 Å². The molecule has 1 atom stereocenters.